The summed E-state index contributed by atoms with van der Waals surface area (Å²) in [6, 6.07) is 0. The molecule has 44 heavy (non-hydrogen) atoms. The first-order valence-electron chi connectivity index (χ1n) is 15.7. The van der Waals surface area contributed by atoms with Crippen LogP contribution in [0.2, 0.25) is 0 Å². The van der Waals surface area contributed by atoms with Gasteiger partial charge < -0.3 is 45.3 Å². The molecule has 248 valence electrons. The Morgan fingerprint density at radius 2 is 1.70 bits per heavy atom. The average molecular weight is 641 g/mol. The molecular weight excluding hydrogens is 592 g/mol. The van der Waals surface area contributed by atoms with Crippen molar-refractivity contribution in [3.63, 3.8) is 0 Å². The van der Waals surface area contributed by atoms with E-state index < -0.39 is 18.4 Å². The maximum atomic E-state index is 12.7. The van der Waals surface area contributed by atoms with E-state index in [1.807, 2.05) is 0 Å². The molecule has 0 bridgehead atoms. The first-order chi connectivity index (χ1) is 21.3. The molecule has 13 heteroatoms. The topological polar surface area (TPSA) is 159 Å². The second-order valence-corrected chi connectivity index (χ2v) is 11.7. The molecule has 1 aliphatic carbocycles. The highest BCUT2D eigenvalue weighted by Crippen LogP contribution is 2.29. The van der Waals surface area contributed by atoms with Gasteiger partial charge in [-0.2, -0.15) is 0 Å². The minimum absolute atomic E-state index is 0.00346. The van der Waals surface area contributed by atoms with E-state index in [9.17, 15) is 24.6 Å². The molecule has 0 aromatic rings. The van der Waals surface area contributed by atoms with Gasteiger partial charge in [0.05, 0.1) is 38.1 Å². The predicted molar refractivity (Wildman–Crippen MR) is 165 cm³/mol. The number of rotatable bonds is 19. The fourth-order valence-corrected chi connectivity index (χ4v) is 5.64. The van der Waals surface area contributed by atoms with Gasteiger partial charge in [-0.15, -0.1) is 11.6 Å². The Kier molecular flexibility index (Phi) is 16.2. The number of aliphatic hydroxyl groups excluding tert-OH is 2. The molecule has 3 amide bonds. The number of unbranched alkanes of at least 4 members (excludes halogenated alkanes) is 3. The summed E-state index contributed by atoms with van der Waals surface area (Å²) >= 11 is 5.66. The standard InChI is InChI=1S/C31H49ClN4O8/c1-22-35-31(41)25(20-36(22)28-19-26(38)27(21-37)44-28)7-6-13-33-29(39)23-8-10-24(11-9-23)30(40)34-14-16-43-18-17-42-15-5-3-2-4-12-32/h6-7,20,23-24,26-28,37-38H,1-5,8-19,21H2,(H,33,39)(H,34,40)(H,35,41)/t23?,24?,26?,27-,28-/m1/s1. The van der Waals surface area contributed by atoms with Crippen LogP contribution in [0.5, 0.6) is 0 Å². The first-order valence-corrected chi connectivity index (χ1v) is 16.3. The lowest BCUT2D eigenvalue weighted by Gasteiger charge is -2.32. The lowest BCUT2D eigenvalue weighted by Crippen LogP contribution is -2.43. The van der Waals surface area contributed by atoms with Crippen molar-refractivity contribution in [1.82, 2.24) is 20.9 Å². The van der Waals surface area contributed by atoms with Crippen molar-refractivity contribution >= 4 is 29.3 Å². The molecule has 2 aliphatic heterocycles. The number of ether oxygens (including phenoxy) is 3. The van der Waals surface area contributed by atoms with Crippen molar-refractivity contribution in [2.75, 3.05) is 52.0 Å². The van der Waals surface area contributed by atoms with Crippen LogP contribution in [0.1, 0.15) is 57.8 Å². The lowest BCUT2D eigenvalue weighted by atomic mass is 9.81. The van der Waals surface area contributed by atoms with Crippen LogP contribution in [0.3, 0.4) is 0 Å². The molecule has 5 N–H and O–H groups in total. The quantitative estimate of drug-likeness (QED) is 0.105. The number of hydrogen-bond donors (Lipinski definition) is 5. The molecule has 0 radical (unpaired) electrons. The smallest absolute Gasteiger partial charge is 0.258 e. The van der Waals surface area contributed by atoms with Crippen LogP contribution >= 0.6 is 11.6 Å². The molecule has 0 aromatic heterocycles. The first kappa shape index (κ1) is 36.0. The summed E-state index contributed by atoms with van der Waals surface area (Å²) in [6.07, 6.45) is 9.97. The Morgan fingerprint density at radius 3 is 2.36 bits per heavy atom. The van der Waals surface area contributed by atoms with E-state index in [1.54, 1.807) is 23.3 Å². The second-order valence-electron chi connectivity index (χ2n) is 11.3. The molecule has 0 aromatic carbocycles. The molecule has 3 aliphatic rings. The monoisotopic (exact) mass is 640 g/mol. The number of carbonyl (C=O) groups excluding carboxylic acids is 3. The summed E-state index contributed by atoms with van der Waals surface area (Å²) < 4.78 is 16.7. The molecule has 1 saturated heterocycles. The summed E-state index contributed by atoms with van der Waals surface area (Å²) in [5, 5.41) is 27.9. The number of hydrogen-bond acceptors (Lipinski definition) is 9. The van der Waals surface area contributed by atoms with Gasteiger partial charge >= 0.3 is 0 Å². The van der Waals surface area contributed by atoms with Gasteiger partial charge in [-0.25, -0.2) is 0 Å². The molecule has 3 rings (SSSR count). The van der Waals surface area contributed by atoms with Crippen LogP contribution in [-0.2, 0) is 28.6 Å². The zero-order valence-corrected chi connectivity index (χ0v) is 26.3. The molecule has 2 fully saturated rings. The van der Waals surface area contributed by atoms with Crippen LogP contribution in [0.4, 0.5) is 0 Å². The molecular formula is C31H49ClN4O8. The van der Waals surface area contributed by atoms with E-state index in [0.717, 1.165) is 32.3 Å². The number of amides is 3. The number of aliphatic hydroxyl groups is 2. The summed E-state index contributed by atoms with van der Waals surface area (Å²) in [7, 11) is 0. The van der Waals surface area contributed by atoms with E-state index in [-0.39, 0.29) is 49.1 Å². The Bertz CT molecular complexity index is 1000. The van der Waals surface area contributed by atoms with E-state index >= 15 is 0 Å². The minimum Gasteiger partial charge on any atom is -0.394 e. The number of carbonyl (C=O) groups is 3. The third-order valence-corrected chi connectivity index (χ3v) is 8.32. The Balaban J connectivity index is 1.27. The Hall–Kier alpha value is -2.48. The number of nitrogens with zero attached hydrogens (tertiary/aromatic N) is 1. The van der Waals surface area contributed by atoms with Gasteiger partial charge in [0, 0.05) is 50.0 Å². The average Bonchev–Trinajstić information content (AvgIpc) is 3.40. The van der Waals surface area contributed by atoms with Gasteiger partial charge in [-0.3, -0.25) is 14.4 Å². The normalized spacial score (nSPS) is 25.7. The van der Waals surface area contributed by atoms with Crippen LogP contribution < -0.4 is 16.0 Å². The largest absolute Gasteiger partial charge is 0.394 e. The van der Waals surface area contributed by atoms with E-state index in [0.29, 0.717) is 69.3 Å². The highest BCUT2D eigenvalue weighted by molar-refractivity contribution is 6.17. The van der Waals surface area contributed by atoms with Gasteiger partial charge in [0.2, 0.25) is 11.8 Å². The molecule has 12 nitrogen and oxygen atoms in total. The van der Waals surface area contributed by atoms with E-state index in [2.05, 4.69) is 22.5 Å². The fraction of sp³-hybridized carbons (Fsp3) is 0.710. The van der Waals surface area contributed by atoms with Crippen molar-refractivity contribution < 1.29 is 38.8 Å². The number of nitrogens with one attached hydrogen (secondary N) is 3. The maximum Gasteiger partial charge on any atom is 0.258 e. The van der Waals surface area contributed by atoms with Gasteiger partial charge in [0.15, 0.2) is 0 Å². The van der Waals surface area contributed by atoms with Gasteiger partial charge in [0.25, 0.3) is 5.91 Å². The third kappa shape index (κ3) is 11.8. The lowest BCUT2D eigenvalue weighted by molar-refractivity contribution is -0.130. The second kappa shape index (κ2) is 19.8. The van der Waals surface area contributed by atoms with Crippen LogP contribution in [0.25, 0.3) is 0 Å². The third-order valence-electron chi connectivity index (χ3n) is 8.05. The summed E-state index contributed by atoms with van der Waals surface area (Å²) in [6.45, 7) is 6.42. The molecule has 1 saturated carbocycles. The Morgan fingerprint density at radius 1 is 1.05 bits per heavy atom. The highest BCUT2D eigenvalue weighted by Gasteiger charge is 2.38. The van der Waals surface area contributed by atoms with Crippen molar-refractivity contribution in [2.24, 2.45) is 11.8 Å². The van der Waals surface area contributed by atoms with Crippen LogP contribution in [-0.4, -0.2) is 103 Å². The van der Waals surface area contributed by atoms with Crippen molar-refractivity contribution in [3.05, 3.63) is 36.3 Å². The highest BCUT2D eigenvalue weighted by atomic mass is 35.5. The molecule has 0 spiro atoms. The fourth-order valence-electron chi connectivity index (χ4n) is 5.45. The van der Waals surface area contributed by atoms with Gasteiger partial charge in [-0.1, -0.05) is 31.6 Å². The van der Waals surface area contributed by atoms with Crippen molar-refractivity contribution in [2.45, 2.75) is 76.2 Å². The van der Waals surface area contributed by atoms with Crippen molar-refractivity contribution in [1.29, 1.82) is 0 Å². The van der Waals surface area contributed by atoms with E-state index in [4.69, 9.17) is 25.8 Å². The number of halogens is 1. The molecule has 3 atom stereocenters. The van der Waals surface area contributed by atoms with Crippen molar-refractivity contribution in [3.8, 4) is 0 Å². The minimum atomic E-state index is -0.815. The molecule has 1 unspecified atom stereocenters. The van der Waals surface area contributed by atoms with Gasteiger partial charge in [0.1, 0.15) is 18.2 Å². The maximum absolute atomic E-state index is 12.7. The SMILES string of the molecule is C=C1NC(=O)C(C=CCNC(=O)C2CCC(C(=O)NCCOCCOCCCCCCCl)CC2)=CN1[C@H]1CC(O)[C@@H](CO)O1. The Labute approximate surface area is 265 Å². The summed E-state index contributed by atoms with van der Waals surface area (Å²) in [4.78, 5) is 39.3. The summed E-state index contributed by atoms with van der Waals surface area (Å²) in [5.41, 5.74) is 0.340. The van der Waals surface area contributed by atoms with E-state index in [1.165, 1.54) is 0 Å². The van der Waals surface area contributed by atoms with Crippen LogP contribution in [0.15, 0.2) is 36.3 Å². The van der Waals surface area contributed by atoms with Crippen LogP contribution in [0, 0.1) is 11.8 Å². The molecule has 2 heterocycles. The zero-order chi connectivity index (χ0) is 31.7. The summed E-state index contributed by atoms with van der Waals surface area (Å²) in [5.74, 6) is 0.358. The zero-order valence-electron chi connectivity index (χ0n) is 25.5. The predicted octanol–water partition coefficient (Wildman–Crippen LogP) is 1.67. The number of alkyl halides is 1. The van der Waals surface area contributed by atoms with Gasteiger partial charge in [-0.05, 0) is 38.5 Å².